The number of aromatic nitrogens is 2. The second kappa shape index (κ2) is 13.8. The molecule has 0 spiro atoms. The third-order valence-electron chi connectivity index (χ3n) is 8.59. The van der Waals surface area contributed by atoms with Crippen molar-refractivity contribution in [3.63, 3.8) is 0 Å². The van der Waals surface area contributed by atoms with E-state index in [9.17, 15) is 14.4 Å². The van der Waals surface area contributed by atoms with Crippen molar-refractivity contribution in [3.05, 3.63) is 124 Å². The number of hydrogen-bond donors (Lipinski definition) is 1. The molecule has 1 saturated heterocycles. The average molecular weight is 662 g/mol. The van der Waals surface area contributed by atoms with Gasteiger partial charge >= 0.3 is 0 Å². The molecule has 2 aliphatic rings. The maximum atomic E-state index is 13.9. The van der Waals surface area contributed by atoms with Gasteiger partial charge in [0.1, 0.15) is 0 Å². The second-order valence-corrected chi connectivity index (χ2v) is 12.8. The summed E-state index contributed by atoms with van der Waals surface area (Å²) in [6, 6.07) is 28.9. The Morgan fingerprint density at radius 2 is 1.54 bits per heavy atom. The maximum absolute atomic E-state index is 13.9. The van der Waals surface area contributed by atoms with Gasteiger partial charge in [0.15, 0.2) is 16.7 Å². The Kier molecular flexibility index (Phi) is 9.02. The highest BCUT2D eigenvalue weighted by Crippen LogP contribution is 2.35. The van der Waals surface area contributed by atoms with Gasteiger partial charge in [0.2, 0.25) is 12.7 Å². The van der Waals surface area contributed by atoms with Crippen LogP contribution < -0.4 is 25.2 Å². The van der Waals surface area contributed by atoms with Gasteiger partial charge in [-0.15, -0.1) is 0 Å². The van der Waals surface area contributed by atoms with Crippen molar-refractivity contribution < 1.29 is 19.1 Å². The van der Waals surface area contributed by atoms with Crippen LogP contribution in [0.1, 0.15) is 27.0 Å². The molecular weight excluding hydrogens is 627 g/mol. The molecule has 0 atom stereocenters. The van der Waals surface area contributed by atoms with Gasteiger partial charge in [0.25, 0.3) is 11.5 Å². The molecule has 0 aliphatic carbocycles. The van der Waals surface area contributed by atoms with E-state index in [1.807, 2.05) is 78.6 Å². The summed E-state index contributed by atoms with van der Waals surface area (Å²) in [5, 5.41) is 3.76. The van der Waals surface area contributed by atoms with E-state index in [4.69, 9.17) is 14.5 Å². The van der Waals surface area contributed by atoms with Crippen LogP contribution in [0.25, 0.3) is 10.9 Å². The monoisotopic (exact) mass is 661 g/mol. The molecule has 0 bridgehead atoms. The predicted molar refractivity (Wildman–Crippen MR) is 186 cm³/mol. The third kappa shape index (κ3) is 6.86. The van der Waals surface area contributed by atoms with Crippen LogP contribution >= 0.6 is 11.8 Å². The summed E-state index contributed by atoms with van der Waals surface area (Å²) in [5.74, 6) is 0.929. The number of hydrogen-bond acceptors (Lipinski definition) is 8. The zero-order valence-electron chi connectivity index (χ0n) is 26.6. The van der Waals surface area contributed by atoms with Crippen molar-refractivity contribution in [1.82, 2.24) is 19.8 Å². The van der Waals surface area contributed by atoms with Crippen LogP contribution in [-0.2, 0) is 17.9 Å². The first kappa shape index (κ1) is 31.3. The number of carbonyl (C=O) groups is 2. The molecule has 1 fully saturated rings. The summed E-state index contributed by atoms with van der Waals surface area (Å²) >= 11 is 1.20. The molecule has 0 saturated carbocycles. The number of nitrogens with zero attached hydrogens (tertiary/aromatic N) is 4. The number of anilines is 1. The van der Waals surface area contributed by atoms with Crippen molar-refractivity contribution in [2.75, 3.05) is 43.6 Å². The van der Waals surface area contributed by atoms with E-state index in [2.05, 4.69) is 22.3 Å². The van der Waals surface area contributed by atoms with Gasteiger partial charge in [0.05, 0.1) is 23.2 Å². The number of rotatable bonds is 9. The third-order valence-corrected chi connectivity index (χ3v) is 9.56. The van der Waals surface area contributed by atoms with Crippen molar-refractivity contribution in [3.8, 4) is 11.5 Å². The van der Waals surface area contributed by atoms with Gasteiger partial charge in [-0.05, 0) is 48.4 Å². The van der Waals surface area contributed by atoms with Gasteiger partial charge in [-0.2, -0.15) is 0 Å². The van der Waals surface area contributed by atoms with Crippen LogP contribution in [-0.4, -0.2) is 65.0 Å². The van der Waals surface area contributed by atoms with E-state index < -0.39 is 0 Å². The highest BCUT2D eigenvalue weighted by Gasteiger charge is 2.23. The molecule has 0 unspecified atom stereocenters. The highest BCUT2D eigenvalue weighted by atomic mass is 32.2. The molecular formula is C37H35N5O5S. The fourth-order valence-electron chi connectivity index (χ4n) is 5.85. The number of fused-ring (bicyclic) bond motifs is 2. The van der Waals surface area contributed by atoms with Crippen LogP contribution in [0.4, 0.5) is 5.69 Å². The number of carbonyl (C=O) groups excluding carboxylic acids is 2. The smallest absolute Gasteiger partial charge is 0.262 e. The number of benzene rings is 4. The van der Waals surface area contributed by atoms with Crippen LogP contribution in [0.15, 0.2) is 101 Å². The number of ether oxygens (including phenoxy) is 2. The van der Waals surface area contributed by atoms with Crippen molar-refractivity contribution >= 4 is 40.2 Å². The van der Waals surface area contributed by atoms with Crippen LogP contribution in [0.5, 0.6) is 11.5 Å². The minimum Gasteiger partial charge on any atom is -0.454 e. The Morgan fingerprint density at radius 3 is 2.27 bits per heavy atom. The minimum atomic E-state index is -0.252. The van der Waals surface area contributed by atoms with Crippen molar-refractivity contribution in [2.45, 2.75) is 25.2 Å². The van der Waals surface area contributed by atoms with E-state index >= 15 is 0 Å². The first-order valence-electron chi connectivity index (χ1n) is 15.9. The Bertz CT molecular complexity index is 2010. The fourth-order valence-corrected chi connectivity index (χ4v) is 6.68. The summed E-state index contributed by atoms with van der Waals surface area (Å²) in [6.07, 6.45) is 0. The first-order valence-corrected chi connectivity index (χ1v) is 16.9. The van der Waals surface area contributed by atoms with Crippen molar-refractivity contribution in [1.29, 1.82) is 0 Å². The summed E-state index contributed by atoms with van der Waals surface area (Å²) in [6.45, 7) is 5.56. The van der Waals surface area contributed by atoms with Crippen LogP contribution in [0, 0.1) is 6.92 Å². The number of aryl methyl sites for hydroxylation is 1. The molecule has 4 aromatic carbocycles. The van der Waals surface area contributed by atoms with E-state index in [-0.39, 0.29) is 36.5 Å². The minimum absolute atomic E-state index is 0.0113. The first-order chi connectivity index (χ1) is 23.4. The Balaban J connectivity index is 1.06. The van der Waals surface area contributed by atoms with Gasteiger partial charge in [-0.3, -0.25) is 19.0 Å². The molecule has 2 aliphatic heterocycles. The maximum Gasteiger partial charge on any atom is 0.262 e. The molecule has 48 heavy (non-hydrogen) atoms. The Morgan fingerprint density at radius 1 is 0.854 bits per heavy atom. The Labute approximate surface area is 282 Å². The zero-order chi connectivity index (χ0) is 33.0. The predicted octanol–water partition coefficient (Wildman–Crippen LogP) is 4.85. The molecule has 7 rings (SSSR count). The lowest BCUT2D eigenvalue weighted by atomic mass is 10.1. The normalized spacial score (nSPS) is 13.9. The number of amides is 2. The molecule has 10 nitrogen and oxygen atoms in total. The standard InChI is InChI=1S/C37H35N5O5S/c1-25-7-9-26(10-8-25)21-38-34(43)23-48-37-39-31-20-33-32(46-24-47-33)19-30(31)36(45)42(37)22-27-11-13-28(14-12-27)35(44)41-17-15-40(16-18-41)29-5-3-2-4-6-29/h2-14,19-20H,15-18,21-24H2,1H3,(H,38,43). The zero-order valence-corrected chi connectivity index (χ0v) is 27.4. The lowest BCUT2D eigenvalue weighted by Crippen LogP contribution is -2.48. The number of piperazine rings is 1. The highest BCUT2D eigenvalue weighted by molar-refractivity contribution is 7.99. The molecule has 2 amide bonds. The Hall–Kier alpha value is -5.29. The molecule has 3 heterocycles. The molecule has 5 aromatic rings. The second-order valence-electron chi connectivity index (χ2n) is 11.9. The van der Waals surface area contributed by atoms with Gasteiger partial charge in [0, 0.05) is 50.0 Å². The molecule has 11 heteroatoms. The fraction of sp³-hybridized carbons (Fsp3) is 0.243. The lowest BCUT2D eigenvalue weighted by Gasteiger charge is -2.36. The molecule has 1 aromatic heterocycles. The van der Waals surface area contributed by atoms with Crippen LogP contribution in [0.2, 0.25) is 0 Å². The van der Waals surface area contributed by atoms with E-state index in [1.165, 1.54) is 11.8 Å². The summed E-state index contributed by atoms with van der Waals surface area (Å²) in [4.78, 5) is 49.0. The lowest BCUT2D eigenvalue weighted by molar-refractivity contribution is -0.118. The van der Waals surface area contributed by atoms with E-state index in [0.29, 0.717) is 52.8 Å². The summed E-state index contributed by atoms with van der Waals surface area (Å²) in [5.41, 5.74) is 4.97. The van der Waals surface area contributed by atoms with Crippen LogP contribution in [0.3, 0.4) is 0 Å². The van der Waals surface area contributed by atoms with E-state index in [1.54, 1.807) is 16.7 Å². The molecule has 1 N–H and O–H groups in total. The quantitative estimate of drug-likeness (QED) is 0.177. The number of para-hydroxylation sites is 1. The summed E-state index contributed by atoms with van der Waals surface area (Å²) in [7, 11) is 0. The van der Waals surface area contributed by atoms with Gasteiger partial charge in [-0.25, -0.2) is 4.98 Å². The number of nitrogens with one attached hydrogen (secondary N) is 1. The van der Waals surface area contributed by atoms with Gasteiger partial charge in [-0.1, -0.05) is 71.9 Å². The molecule has 244 valence electrons. The van der Waals surface area contributed by atoms with Crippen molar-refractivity contribution in [2.24, 2.45) is 0 Å². The summed E-state index contributed by atoms with van der Waals surface area (Å²) < 4.78 is 12.6. The topological polar surface area (TPSA) is 106 Å². The molecule has 0 radical (unpaired) electrons. The largest absolute Gasteiger partial charge is 0.454 e. The van der Waals surface area contributed by atoms with E-state index in [0.717, 1.165) is 35.5 Å². The SMILES string of the molecule is Cc1ccc(CNC(=O)CSc2nc3cc4c(cc3c(=O)n2Cc2ccc(C(=O)N3CCN(c5ccccc5)CC3)cc2)OCO4)cc1. The number of thioether (sulfide) groups is 1. The van der Waals surface area contributed by atoms with Gasteiger partial charge < -0.3 is 24.6 Å². The average Bonchev–Trinajstić information content (AvgIpc) is 3.59.